The molecule has 3 aromatic rings. The molecule has 0 aliphatic rings. The number of hydrogen-bond donors (Lipinski definition) is 0. The average Bonchev–Trinajstić information content (AvgIpc) is 3.03. The third kappa shape index (κ3) is 3.76. The number of nitriles is 2. The second kappa shape index (κ2) is 8.08. The Labute approximate surface area is 172 Å². The average molecular weight is 430 g/mol. The van der Waals surface area contributed by atoms with Gasteiger partial charge in [0, 0.05) is 34.2 Å². The molecule has 0 radical (unpaired) electrons. The molecule has 0 atom stereocenters. The monoisotopic (exact) mass is 429 g/mol. The van der Waals surface area contributed by atoms with Gasteiger partial charge in [-0.15, -0.1) is 0 Å². The van der Waals surface area contributed by atoms with Crippen LogP contribution in [0.2, 0.25) is 10.0 Å². The van der Waals surface area contributed by atoms with Gasteiger partial charge in [-0.05, 0) is 30.3 Å². The van der Waals surface area contributed by atoms with Gasteiger partial charge in [0.25, 0.3) is 0 Å². The number of aryl methyl sites for hydroxylation is 1. The number of benzene rings is 2. The standard InChI is InChI=1S/C20H13Cl2N3O2S/c21-15-6-7-18(22)20(11-15)28(26,27)16(12-24)10-14-13-25(9-3-8-23)19-5-2-1-4-17(14)19/h1-2,4-7,10-11,13H,3,9H2/b16-10+. The fraction of sp³-hybridized carbons (Fsp3) is 0.100. The number of fused-ring (bicyclic) bond motifs is 1. The van der Waals surface area contributed by atoms with E-state index in [1.54, 1.807) is 12.3 Å². The summed E-state index contributed by atoms with van der Waals surface area (Å²) in [7, 11) is -4.16. The topological polar surface area (TPSA) is 86.7 Å². The Morgan fingerprint density at radius 1 is 1.14 bits per heavy atom. The molecule has 1 heterocycles. The van der Waals surface area contributed by atoms with Gasteiger partial charge in [0.15, 0.2) is 0 Å². The summed E-state index contributed by atoms with van der Waals surface area (Å²) in [6, 6.07) is 15.3. The first-order valence-electron chi connectivity index (χ1n) is 8.15. The van der Waals surface area contributed by atoms with Crippen molar-refractivity contribution < 1.29 is 8.42 Å². The molecule has 0 unspecified atom stereocenters. The summed E-state index contributed by atoms with van der Waals surface area (Å²) < 4.78 is 27.8. The maximum Gasteiger partial charge on any atom is 0.218 e. The number of sulfone groups is 1. The highest BCUT2D eigenvalue weighted by Gasteiger charge is 2.24. The van der Waals surface area contributed by atoms with Crippen LogP contribution in [0.5, 0.6) is 0 Å². The number of halogens is 2. The van der Waals surface area contributed by atoms with Crippen molar-refractivity contribution in [1.82, 2.24) is 4.57 Å². The summed E-state index contributed by atoms with van der Waals surface area (Å²) in [5.74, 6) is 0. The van der Waals surface area contributed by atoms with E-state index >= 15 is 0 Å². The molecular formula is C20H13Cl2N3O2S. The predicted octanol–water partition coefficient (Wildman–Crippen LogP) is 5.20. The number of para-hydroxylation sites is 1. The van der Waals surface area contributed by atoms with Gasteiger partial charge >= 0.3 is 0 Å². The number of rotatable bonds is 5. The largest absolute Gasteiger partial charge is 0.346 e. The molecule has 0 fully saturated rings. The van der Waals surface area contributed by atoms with Crippen molar-refractivity contribution in [3.63, 3.8) is 0 Å². The van der Waals surface area contributed by atoms with Crippen molar-refractivity contribution in [3.8, 4) is 12.1 Å². The minimum absolute atomic E-state index is 0.0120. The van der Waals surface area contributed by atoms with Crippen LogP contribution in [-0.4, -0.2) is 13.0 Å². The molecule has 0 saturated heterocycles. The van der Waals surface area contributed by atoms with Crippen LogP contribution in [-0.2, 0) is 16.4 Å². The number of allylic oxidation sites excluding steroid dienone is 1. The Morgan fingerprint density at radius 2 is 1.89 bits per heavy atom. The van der Waals surface area contributed by atoms with Crippen LogP contribution in [0.15, 0.2) is 58.5 Å². The fourth-order valence-corrected chi connectivity index (χ4v) is 4.76. The lowest BCUT2D eigenvalue weighted by Crippen LogP contribution is -2.04. The van der Waals surface area contributed by atoms with Crippen LogP contribution in [0, 0.1) is 22.7 Å². The molecule has 0 N–H and O–H groups in total. The summed E-state index contributed by atoms with van der Waals surface area (Å²) in [6.45, 7) is 0.458. The van der Waals surface area contributed by atoms with E-state index in [4.69, 9.17) is 28.5 Å². The van der Waals surface area contributed by atoms with Crippen LogP contribution in [0.4, 0.5) is 0 Å². The lowest BCUT2D eigenvalue weighted by Gasteiger charge is -2.06. The van der Waals surface area contributed by atoms with Gasteiger partial charge in [0.05, 0.1) is 22.4 Å². The second-order valence-corrected chi connectivity index (χ2v) is 8.63. The lowest BCUT2D eigenvalue weighted by molar-refractivity contribution is 0.603. The van der Waals surface area contributed by atoms with E-state index in [2.05, 4.69) is 6.07 Å². The van der Waals surface area contributed by atoms with E-state index in [1.807, 2.05) is 28.8 Å². The third-order valence-electron chi connectivity index (χ3n) is 4.15. The molecule has 140 valence electrons. The molecular weight excluding hydrogens is 417 g/mol. The third-order valence-corrected chi connectivity index (χ3v) is 6.53. The van der Waals surface area contributed by atoms with Crippen molar-refractivity contribution in [2.24, 2.45) is 0 Å². The summed E-state index contributed by atoms with van der Waals surface area (Å²) in [4.78, 5) is -0.664. The first-order valence-corrected chi connectivity index (χ1v) is 10.4. The van der Waals surface area contributed by atoms with Gasteiger partial charge in [-0.25, -0.2) is 8.42 Å². The minimum atomic E-state index is -4.16. The van der Waals surface area contributed by atoms with E-state index in [1.165, 1.54) is 24.3 Å². The van der Waals surface area contributed by atoms with E-state index < -0.39 is 14.7 Å². The van der Waals surface area contributed by atoms with Gasteiger partial charge in [0.1, 0.15) is 11.0 Å². The first-order chi connectivity index (χ1) is 13.4. The molecule has 0 bridgehead atoms. The molecule has 2 aromatic carbocycles. The Bertz CT molecular complexity index is 1280. The number of aromatic nitrogens is 1. The highest BCUT2D eigenvalue weighted by molar-refractivity contribution is 7.95. The SMILES string of the molecule is N#CCCn1cc(/C=C(\C#N)S(=O)(=O)c2cc(Cl)ccc2Cl)c2ccccc21. The number of hydrogen-bond acceptors (Lipinski definition) is 4. The van der Waals surface area contributed by atoms with Gasteiger partial charge < -0.3 is 4.57 Å². The van der Waals surface area contributed by atoms with Crippen molar-refractivity contribution in [1.29, 1.82) is 10.5 Å². The molecule has 0 saturated carbocycles. The van der Waals surface area contributed by atoms with Gasteiger partial charge in [-0.1, -0.05) is 41.4 Å². The predicted molar refractivity (Wildman–Crippen MR) is 109 cm³/mol. The summed E-state index contributed by atoms with van der Waals surface area (Å²) >= 11 is 11.9. The van der Waals surface area contributed by atoms with Crippen LogP contribution in [0.3, 0.4) is 0 Å². The van der Waals surface area contributed by atoms with Crippen molar-refractivity contribution >= 4 is 50.0 Å². The normalized spacial score (nSPS) is 11.9. The van der Waals surface area contributed by atoms with Crippen LogP contribution < -0.4 is 0 Å². The first kappa shape index (κ1) is 20.0. The fourth-order valence-electron chi connectivity index (χ4n) is 2.86. The van der Waals surface area contributed by atoms with Crippen LogP contribution in [0.25, 0.3) is 17.0 Å². The molecule has 3 rings (SSSR count). The summed E-state index contributed by atoms with van der Waals surface area (Å²) in [6.07, 6.45) is 3.36. The Hall–Kier alpha value is -2.77. The Kier molecular flexibility index (Phi) is 5.76. The zero-order valence-corrected chi connectivity index (χ0v) is 16.8. The van der Waals surface area contributed by atoms with E-state index in [-0.39, 0.29) is 14.9 Å². The maximum atomic E-state index is 13.0. The minimum Gasteiger partial charge on any atom is -0.346 e. The van der Waals surface area contributed by atoms with Crippen molar-refractivity contribution in [2.75, 3.05) is 0 Å². The van der Waals surface area contributed by atoms with Crippen molar-refractivity contribution in [3.05, 3.63) is 69.2 Å². The lowest BCUT2D eigenvalue weighted by atomic mass is 10.1. The Morgan fingerprint density at radius 3 is 2.61 bits per heavy atom. The van der Waals surface area contributed by atoms with E-state index in [0.717, 1.165) is 10.9 Å². The van der Waals surface area contributed by atoms with E-state index in [0.29, 0.717) is 18.5 Å². The molecule has 0 aliphatic heterocycles. The van der Waals surface area contributed by atoms with Crippen LogP contribution in [0.1, 0.15) is 12.0 Å². The van der Waals surface area contributed by atoms with E-state index in [9.17, 15) is 13.7 Å². The zero-order chi connectivity index (χ0) is 20.3. The zero-order valence-electron chi connectivity index (χ0n) is 14.4. The smallest absolute Gasteiger partial charge is 0.218 e. The molecule has 1 aromatic heterocycles. The highest BCUT2D eigenvalue weighted by atomic mass is 35.5. The molecule has 0 aliphatic carbocycles. The van der Waals surface area contributed by atoms with Gasteiger partial charge in [0.2, 0.25) is 9.84 Å². The van der Waals surface area contributed by atoms with Gasteiger partial charge in [-0.2, -0.15) is 10.5 Å². The maximum absolute atomic E-state index is 13.0. The number of nitrogens with zero attached hydrogens (tertiary/aromatic N) is 3. The highest BCUT2D eigenvalue weighted by Crippen LogP contribution is 2.31. The molecule has 5 nitrogen and oxygen atoms in total. The second-order valence-electron chi connectivity index (χ2n) is 5.90. The quantitative estimate of drug-likeness (QED) is 0.521. The van der Waals surface area contributed by atoms with Gasteiger partial charge in [-0.3, -0.25) is 0 Å². The van der Waals surface area contributed by atoms with Crippen molar-refractivity contribution in [2.45, 2.75) is 17.9 Å². The molecule has 8 heteroatoms. The summed E-state index contributed by atoms with van der Waals surface area (Å²) in [5, 5.41) is 19.4. The molecule has 0 amide bonds. The van der Waals surface area contributed by atoms with Crippen LogP contribution >= 0.6 is 23.2 Å². The molecule has 0 spiro atoms. The molecule has 28 heavy (non-hydrogen) atoms. The Balaban J connectivity index is 2.17. The summed E-state index contributed by atoms with van der Waals surface area (Å²) in [5.41, 5.74) is 1.41.